The van der Waals surface area contributed by atoms with Crippen molar-refractivity contribution in [2.45, 2.75) is 38.4 Å². The van der Waals surface area contributed by atoms with Crippen LogP contribution in [-0.2, 0) is 11.3 Å². The van der Waals surface area contributed by atoms with Crippen molar-refractivity contribution in [2.75, 3.05) is 11.1 Å². The van der Waals surface area contributed by atoms with Crippen LogP contribution in [0.25, 0.3) is 11.4 Å². The fourth-order valence-electron chi connectivity index (χ4n) is 2.82. The highest BCUT2D eigenvalue weighted by Gasteiger charge is 2.17. The first-order chi connectivity index (χ1) is 14.4. The molecule has 8 heteroatoms. The number of allylic oxidation sites excluding steroid dienone is 1. The maximum atomic E-state index is 12.4. The van der Waals surface area contributed by atoms with Gasteiger partial charge in [-0.3, -0.25) is 14.2 Å². The summed E-state index contributed by atoms with van der Waals surface area (Å²) in [5.41, 5.74) is 2.18. The fraction of sp³-hybridized carbons (Fsp3) is 0.273. The molecule has 6 nitrogen and oxygen atoms in total. The van der Waals surface area contributed by atoms with Gasteiger partial charge in [0.2, 0.25) is 5.91 Å². The van der Waals surface area contributed by atoms with E-state index in [1.165, 1.54) is 23.6 Å². The second-order valence-electron chi connectivity index (χ2n) is 7.07. The lowest BCUT2D eigenvalue weighted by Gasteiger charge is -2.08. The second kappa shape index (κ2) is 9.86. The Morgan fingerprint density at radius 2 is 2.10 bits per heavy atom. The molecule has 1 aromatic carbocycles. The van der Waals surface area contributed by atoms with Crippen LogP contribution in [0.2, 0.25) is 0 Å². The summed E-state index contributed by atoms with van der Waals surface area (Å²) in [5.74, 6) is 1.20. The van der Waals surface area contributed by atoms with E-state index >= 15 is 0 Å². The zero-order chi connectivity index (χ0) is 21.7. The number of thioether (sulfide) groups is 1. The van der Waals surface area contributed by atoms with Gasteiger partial charge in [0.25, 0.3) is 0 Å². The van der Waals surface area contributed by atoms with Gasteiger partial charge in [-0.25, -0.2) is 0 Å². The topological polar surface area (TPSA) is 76.9 Å². The molecule has 2 heterocycles. The third-order valence-electron chi connectivity index (χ3n) is 4.36. The van der Waals surface area contributed by atoms with Crippen LogP contribution in [0, 0.1) is 0 Å². The summed E-state index contributed by atoms with van der Waals surface area (Å²) in [4.78, 5) is 25.2. The summed E-state index contributed by atoms with van der Waals surface area (Å²) in [6.45, 7) is 10.2. The number of thiophene rings is 1. The van der Waals surface area contributed by atoms with Gasteiger partial charge in [-0.05, 0) is 31.0 Å². The zero-order valence-corrected chi connectivity index (χ0v) is 18.8. The molecule has 3 rings (SSSR count). The molecular formula is C22H24N4O2S2. The largest absolute Gasteiger partial charge is 0.325 e. The highest BCUT2D eigenvalue weighted by atomic mass is 32.2. The number of nitrogens with one attached hydrogen (secondary N) is 1. The van der Waals surface area contributed by atoms with Crippen molar-refractivity contribution >= 4 is 40.5 Å². The van der Waals surface area contributed by atoms with Crippen molar-refractivity contribution < 1.29 is 9.59 Å². The van der Waals surface area contributed by atoms with Gasteiger partial charge < -0.3 is 5.32 Å². The molecule has 0 fully saturated rings. The Balaban J connectivity index is 1.71. The predicted molar refractivity (Wildman–Crippen MR) is 123 cm³/mol. The number of anilines is 1. The van der Waals surface area contributed by atoms with Gasteiger partial charge in [0.05, 0.1) is 5.75 Å². The Hall–Kier alpha value is -2.71. The number of hydrogen-bond acceptors (Lipinski definition) is 6. The van der Waals surface area contributed by atoms with Crippen LogP contribution < -0.4 is 5.32 Å². The molecule has 0 aliphatic carbocycles. The monoisotopic (exact) mass is 440 g/mol. The normalized spacial score (nSPS) is 10.9. The van der Waals surface area contributed by atoms with Crippen molar-refractivity contribution in [3.8, 4) is 11.4 Å². The first-order valence-electron chi connectivity index (χ1n) is 9.55. The lowest BCUT2D eigenvalue weighted by Crippen LogP contribution is -2.15. The average molecular weight is 441 g/mol. The van der Waals surface area contributed by atoms with Gasteiger partial charge in [0.15, 0.2) is 16.8 Å². The van der Waals surface area contributed by atoms with Crippen LogP contribution in [0.4, 0.5) is 5.69 Å². The second-order valence-corrected chi connectivity index (χ2v) is 8.96. The minimum absolute atomic E-state index is 0.0421. The van der Waals surface area contributed by atoms with E-state index in [-0.39, 0.29) is 17.4 Å². The first kappa shape index (κ1) is 22.0. The molecule has 0 aliphatic rings. The molecular weight excluding hydrogens is 416 g/mol. The molecule has 1 N–H and O–H groups in total. The van der Waals surface area contributed by atoms with Crippen molar-refractivity contribution in [3.05, 3.63) is 58.8 Å². The van der Waals surface area contributed by atoms with E-state index in [2.05, 4.69) is 47.4 Å². The van der Waals surface area contributed by atoms with Gasteiger partial charge >= 0.3 is 0 Å². The summed E-state index contributed by atoms with van der Waals surface area (Å²) in [5, 5.41) is 14.2. The molecule has 1 amide bonds. The molecule has 0 spiro atoms. The summed E-state index contributed by atoms with van der Waals surface area (Å²) >= 11 is 3.03. The number of rotatable bonds is 9. The third kappa shape index (κ3) is 5.25. The van der Waals surface area contributed by atoms with E-state index in [0.717, 1.165) is 11.4 Å². The van der Waals surface area contributed by atoms with E-state index in [1.54, 1.807) is 41.7 Å². The molecule has 0 radical (unpaired) electrons. The predicted octanol–water partition coefficient (Wildman–Crippen LogP) is 5.25. The Morgan fingerprint density at radius 3 is 2.77 bits per heavy atom. The maximum absolute atomic E-state index is 12.4. The Kier molecular flexibility index (Phi) is 7.23. The molecule has 0 bridgehead atoms. The highest BCUT2D eigenvalue weighted by Crippen LogP contribution is 2.31. The van der Waals surface area contributed by atoms with Gasteiger partial charge in [-0.15, -0.1) is 28.1 Å². The smallest absolute Gasteiger partial charge is 0.234 e. The first-order valence-corrected chi connectivity index (χ1v) is 11.4. The number of carbonyl (C=O) groups excluding carboxylic acids is 2. The fourth-order valence-corrected chi connectivity index (χ4v) is 4.47. The molecule has 0 atom stereocenters. The van der Waals surface area contributed by atoms with E-state index in [0.29, 0.717) is 28.9 Å². The lowest BCUT2D eigenvalue weighted by atomic mass is 10.1. The number of carbonyl (C=O) groups is 2. The maximum Gasteiger partial charge on any atom is 0.234 e. The number of nitrogens with zero attached hydrogens (tertiary/aromatic N) is 3. The summed E-state index contributed by atoms with van der Waals surface area (Å²) < 4.78 is 1.97. The quantitative estimate of drug-likeness (QED) is 0.279. The molecule has 3 aromatic rings. The van der Waals surface area contributed by atoms with Crippen LogP contribution in [0.1, 0.15) is 41.9 Å². The van der Waals surface area contributed by atoms with Crippen molar-refractivity contribution in [3.63, 3.8) is 0 Å². The van der Waals surface area contributed by atoms with Crippen LogP contribution in [0.15, 0.2) is 53.5 Å². The Labute approximate surface area is 184 Å². The number of aromatic nitrogens is 3. The molecule has 0 unspecified atom stereocenters. The van der Waals surface area contributed by atoms with Crippen molar-refractivity contribution in [1.29, 1.82) is 0 Å². The van der Waals surface area contributed by atoms with Crippen LogP contribution in [-0.4, -0.2) is 32.2 Å². The number of Topliss-reactive ketones (excluding diaryl/α,β-unsaturated/α-hetero) is 1. The highest BCUT2D eigenvalue weighted by molar-refractivity contribution is 7.99. The third-order valence-corrected chi connectivity index (χ3v) is 6.56. The van der Waals surface area contributed by atoms with Gasteiger partial charge in [0, 0.05) is 33.6 Å². The van der Waals surface area contributed by atoms with Crippen LogP contribution in [0.5, 0.6) is 0 Å². The number of benzene rings is 1. The molecule has 0 aliphatic heterocycles. The SMILES string of the molecule is C=CCn1c(SCC(=O)Nc2cccc(C(C)=O)c2)nnc1-c1csc(C(C)C)c1. The van der Waals surface area contributed by atoms with Crippen molar-refractivity contribution in [1.82, 2.24) is 14.8 Å². The molecule has 0 saturated heterocycles. The Morgan fingerprint density at radius 1 is 1.30 bits per heavy atom. The van der Waals surface area contributed by atoms with Crippen molar-refractivity contribution in [2.24, 2.45) is 0 Å². The minimum atomic E-state index is -0.173. The van der Waals surface area contributed by atoms with Gasteiger partial charge in [-0.2, -0.15) is 0 Å². The molecule has 0 saturated carbocycles. The zero-order valence-electron chi connectivity index (χ0n) is 17.2. The van der Waals surface area contributed by atoms with E-state index in [9.17, 15) is 9.59 Å². The number of ketones is 1. The lowest BCUT2D eigenvalue weighted by molar-refractivity contribution is -0.113. The standard InChI is InChI=1S/C22H24N4O2S2/c1-5-9-26-21(17-11-19(14(2)3)29-12-17)24-25-22(26)30-13-20(28)23-18-8-6-7-16(10-18)15(4)27/h5-8,10-12,14H,1,9,13H2,2-4H3,(H,23,28). The summed E-state index contributed by atoms with van der Waals surface area (Å²) in [6, 6.07) is 9.05. The molecule has 30 heavy (non-hydrogen) atoms. The van der Waals surface area contributed by atoms with E-state index < -0.39 is 0 Å². The van der Waals surface area contributed by atoms with Crippen LogP contribution >= 0.6 is 23.1 Å². The number of amides is 1. The van der Waals surface area contributed by atoms with E-state index in [1.807, 2.05) is 4.57 Å². The number of hydrogen-bond donors (Lipinski definition) is 1. The molecule has 2 aromatic heterocycles. The van der Waals surface area contributed by atoms with E-state index in [4.69, 9.17) is 0 Å². The molecule has 156 valence electrons. The Bertz CT molecular complexity index is 1070. The van der Waals surface area contributed by atoms with Crippen LogP contribution in [0.3, 0.4) is 0 Å². The summed E-state index contributed by atoms with van der Waals surface area (Å²) in [6.07, 6.45) is 1.79. The average Bonchev–Trinajstić information content (AvgIpc) is 3.34. The van der Waals surface area contributed by atoms with Gasteiger partial charge in [-0.1, -0.05) is 43.8 Å². The van der Waals surface area contributed by atoms with Gasteiger partial charge in [0.1, 0.15) is 0 Å². The summed E-state index contributed by atoms with van der Waals surface area (Å²) in [7, 11) is 0. The minimum Gasteiger partial charge on any atom is -0.325 e.